The van der Waals surface area contributed by atoms with Crippen molar-refractivity contribution in [2.45, 2.75) is 13.8 Å². The van der Waals surface area contributed by atoms with E-state index in [-0.39, 0.29) is 11.1 Å². The van der Waals surface area contributed by atoms with Crippen LogP contribution in [0.25, 0.3) is 6.08 Å². The highest BCUT2D eigenvalue weighted by Crippen LogP contribution is 2.30. The second-order valence-corrected chi connectivity index (χ2v) is 6.37. The van der Waals surface area contributed by atoms with Crippen LogP contribution in [0.2, 0.25) is 0 Å². The molecule has 0 atom stereocenters. The lowest BCUT2D eigenvalue weighted by Crippen LogP contribution is -2.00. The highest BCUT2D eigenvalue weighted by Gasteiger charge is 2.21. The van der Waals surface area contributed by atoms with Crippen LogP contribution in [0.3, 0.4) is 0 Å². The van der Waals surface area contributed by atoms with Crippen molar-refractivity contribution < 1.29 is 14.3 Å². The molecule has 1 heterocycles. The van der Waals surface area contributed by atoms with Gasteiger partial charge in [-0.1, -0.05) is 30.8 Å². The number of carbonyl (C=O) groups is 2. The molecule has 20 heavy (non-hydrogen) atoms. The van der Waals surface area contributed by atoms with Crippen molar-refractivity contribution in [3.63, 3.8) is 0 Å². The average molecular weight is 307 g/mol. The zero-order chi connectivity index (χ0) is 14.5. The second-order valence-electron chi connectivity index (χ2n) is 3.89. The summed E-state index contributed by atoms with van der Waals surface area (Å²) in [5.41, 5.74) is 1.29. The summed E-state index contributed by atoms with van der Waals surface area (Å²) in [6.07, 6.45) is 1.73. The highest BCUT2D eigenvalue weighted by atomic mass is 32.2. The van der Waals surface area contributed by atoms with Gasteiger partial charge in [0.2, 0.25) is 5.12 Å². The Bertz CT molecular complexity index is 591. The second kappa shape index (κ2) is 6.76. The Morgan fingerprint density at radius 3 is 2.70 bits per heavy atom. The number of esters is 1. The van der Waals surface area contributed by atoms with Crippen LogP contribution in [0.1, 0.15) is 19.4 Å². The van der Waals surface area contributed by atoms with Crippen molar-refractivity contribution in [2.24, 2.45) is 4.99 Å². The molecule has 0 unspecified atom stereocenters. The van der Waals surface area contributed by atoms with Crippen LogP contribution in [0.4, 0.5) is 0 Å². The van der Waals surface area contributed by atoms with Gasteiger partial charge in [-0.25, -0.2) is 4.99 Å². The van der Waals surface area contributed by atoms with E-state index in [0.29, 0.717) is 11.4 Å². The van der Waals surface area contributed by atoms with E-state index in [2.05, 4.69) is 4.99 Å². The quantitative estimate of drug-likeness (QED) is 0.487. The molecule has 1 aliphatic heterocycles. The molecule has 0 aliphatic carbocycles. The third-order valence-electron chi connectivity index (χ3n) is 2.31. The van der Waals surface area contributed by atoms with E-state index in [0.717, 1.165) is 15.7 Å². The lowest BCUT2D eigenvalue weighted by Gasteiger charge is -2.01. The van der Waals surface area contributed by atoms with Gasteiger partial charge in [0.15, 0.2) is 0 Å². The molecule has 4 nitrogen and oxygen atoms in total. The summed E-state index contributed by atoms with van der Waals surface area (Å²) in [4.78, 5) is 26.9. The number of ether oxygens (including phenoxy) is 1. The van der Waals surface area contributed by atoms with E-state index in [1.54, 1.807) is 42.1 Å². The lowest BCUT2D eigenvalue weighted by atomic mass is 10.2. The van der Waals surface area contributed by atoms with Crippen LogP contribution in [-0.4, -0.2) is 21.2 Å². The first-order chi connectivity index (χ1) is 9.58. The van der Waals surface area contributed by atoms with Crippen molar-refractivity contribution in [2.75, 3.05) is 5.75 Å². The summed E-state index contributed by atoms with van der Waals surface area (Å²) in [6.45, 7) is 3.37. The number of rotatable bonds is 3. The standard InChI is InChI=1S/C14H13NO3S2/c1-3-19-14-15-12(13(17)20-14)8-10-4-6-11(7-5-10)18-9(2)16/h4-8H,3H2,1-2H3/b12-8-. The van der Waals surface area contributed by atoms with Gasteiger partial charge in [-0.05, 0) is 41.3 Å². The molecule has 2 rings (SSSR count). The van der Waals surface area contributed by atoms with Gasteiger partial charge < -0.3 is 4.74 Å². The van der Waals surface area contributed by atoms with Crippen molar-refractivity contribution in [1.29, 1.82) is 0 Å². The molecule has 0 aromatic heterocycles. The SMILES string of the molecule is CCSC1=N/C(=C\c2ccc(OC(C)=O)cc2)C(=O)S1. The van der Waals surface area contributed by atoms with Crippen LogP contribution in [0.15, 0.2) is 35.0 Å². The number of carbonyl (C=O) groups excluding carboxylic acids is 2. The number of aliphatic imine (C=N–C) groups is 1. The zero-order valence-corrected chi connectivity index (χ0v) is 12.7. The third-order valence-corrected chi connectivity index (χ3v) is 4.20. The molecule has 6 heteroatoms. The molecule has 1 aromatic rings. The Kier molecular flexibility index (Phi) is 5.03. The van der Waals surface area contributed by atoms with Crippen LogP contribution in [0.5, 0.6) is 5.75 Å². The van der Waals surface area contributed by atoms with Gasteiger partial charge >= 0.3 is 5.97 Å². The first kappa shape index (κ1) is 14.9. The Morgan fingerprint density at radius 1 is 1.40 bits per heavy atom. The normalized spacial score (nSPS) is 16.4. The molecule has 0 saturated carbocycles. The van der Waals surface area contributed by atoms with E-state index < -0.39 is 0 Å². The smallest absolute Gasteiger partial charge is 0.308 e. The molecule has 0 radical (unpaired) electrons. The first-order valence-electron chi connectivity index (χ1n) is 6.02. The van der Waals surface area contributed by atoms with E-state index in [1.807, 2.05) is 6.92 Å². The Morgan fingerprint density at radius 2 is 2.10 bits per heavy atom. The minimum atomic E-state index is -0.357. The minimum Gasteiger partial charge on any atom is -0.427 e. The molecule has 0 spiro atoms. The maximum Gasteiger partial charge on any atom is 0.308 e. The number of benzene rings is 1. The predicted octanol–water partition coefficient (Wildman–Crippen LogP) is 3.34. The molecule has 1 aromatic carbocycles. The van der Waals surface area contributed by atoms with Gasteiger partial charge in [0.1, 0.15) is 15.8 Å². The summed E-state index contributed by atoms with van der Waals surface area (Å²) in [5, 5.41) is -0.0370. The summed E-state index contributed by atoms with van der Waals surface area (Å²) in [7, 11) is 0. The average Bonchev–Trinajstić information content (AvgIpc) is 2.72. The fourth-order valence-corrected chi connectivity index (χ4v) is 3.27. The molecule has 0 N–H and O–H groups in total. The van der Waals surface area contributed by atoms with Crippen LogP contribution in [0, 0.1) is 0 Å². The Labute approximate surface area is 125 Å². The van der Waals surface area contributed by atoms with E-state index >= 15 is 0 Å². The maximum atomic E-state index is 11.8. The van der Waals surface area contributed by atoms with Gasteiger partial charge in [-0.3, -0.25) is 9.59 Å². The fourth-order valence-electron chi connectivity index (χ4n) is 1.53. The lowest BCUT2D eigenvalue weighted by molar-refractivity contribution is -0.131. The van der Waals surface area contributed by atoms with Crippen molar-refractivity contribution >= 4 is 45.1 Å². The topological polar surface area (TPSA) is 55.7 Å². The Balaban J connectivity index is 2.14. The summed E-state index contributed by atoms with van der Waals surface area (Å²) >= 11 is 2.73. The first-order valence-corrected chi connectivity index (χ1v) is 7.82. The number of hydrogen-bond donors (Lipinski definition) is 0. The van der Waals surface area contributed by atoms with Crippen LogP contribution < -0.4 is 4.74 Å². The van der Waals surface area contributed by atoms with Gasteiger partial charge in [0.25, 0.3) is 0 Å². The molecular weight excluding hydrogens is 294 g/mol. The minimum absolute atomic E-state index is 0.0370. The van der Waals surface area contributed by atoms with Gasteiger partial charge in [0.05, 0.1) is 0 Å². The van der Waals surface area contributed by atoms with E-state index in [4.69, 9.17) is 4.74 Å². The van der Waals surface area contributed by atoms with Crippen molar-refractivity contribution in [3.8, 4) is 5.75 Å². The number of nitrogens with zero attached hydrogens (tertiary/aromatic N) is 1. The maximum absolute atomic E-state index is 11.8. The van der Waals surface area contributed by atoms with Crippen LogP contribution in [-0.2, 0) is 9.59 Å². The van der Waals surface area contributed by atoms with E-state index in [9.17, 15) is 9.59 Å². The molecule has 0 bridgehead atoms. The van der Waals surface area contributed by atoms with Crippen molar-refractivity contribution in [3.05, 3.63) is 35.5 Å². The molecule has 0 saturated heterocycles. The largest absolute Gasteiger partial charge is 0.427 e. The van der Waals surface area contributed by atoms with Gasteiger partial charge in [-0.2, -0.15) is 0 Å². The molecular formula is C14H13NO3S2. The molecule has 104 valence electrons. The molecule has 0 amide bonds. The van der Waals surface area contributed by atoms with E-state index in [1.165, 1.54) is 18.7 Å². The predicted molar refractivity (Wildman–Crippen MR) is 83.9 cm³/mol. The monoisotopic (exact) mass is 307 g/mol. The van der Waals surface area contributed by atoms with Gasteiger partial charge in [-0.15, -0.1) is 0 Å². The fraction of sp³-hybridized carbons (Fsp3) is 0.214. The number of thioether (sulfide) groups is 2. The summed E-state index contributed by atoms with van der Waals surface area (Å²) < 4.78 is 5.74. The molecule has 0 fully saturated rings. The van der Waals surface area contributed by atoms with Gasteiger partial charge in [0, 0.05) is 6.92 Å². The Hall–Kier alpha value is -1.53. The highest BCUT2D eigenvalue weighted by molar-refractivity contribution is 8.45. The van der Waals surface area contributed by atoms with Crippen molar-refractivity contribution in [1.82, 2.24) is 0 Å². The van der Waals surface area contributed by atoms with Crippen LogP contribution >= 0.6 is 23.5 Å². The summed E-state index contributed by atoms with van der Waals surface area (Å²) in [5.74, 6) is 1.02. The summed E-state index contributed by atoms with van der Waals surface area (Å²) in [6, 6.07) is 6.94. The third kappa shape index (κ3) is 3.98. The number of hydrogen-bond acceptors (Lipinski definition) is 6. The molecule has 1 aliphatic rings. The zero-order valence-electron chi connectivity index (χ0n) is 11.1.